The van der Waals surface area contributed by atoms with Gasteiger partial charge in [-0.2, -0.15) is 0 Å². The Balaban J connectivity index is 0.785. The Morgan fingerprint density at radius 1 is 0.247 bits per heavy atom. The van der Waals surface area contributed by atoms with Crippen molar-refractivity contribution < 1.29 is 0 Å². The third-order valence-electron chi connectivity index (χ3n) is 18.6. The maximum Gasteiger partial charge on any atom is 0.0541 e. The molecule has 16 rings (SSSR count). The number of para-hydroxylation sites is 1. The Labute approximate surface area is 497 Å². The van der Waals surface area contributed by atoms with Gasteiger partial charge in [0.1, 0.15) is 0 Å². The average molecular weight is 1090 g/mol. The predicted octanol–water partition coefficient (Wildman–Crippen LogP) is 22.5. The number of hydrogen-bond acceptors (Lipinski definition) is 2. The van der Waals surface area contributed by atoms with Crippen LogP contribution in [0.15, 0.2) is 297 Å². The van der Waals surface area contributed by atoms with Crippen molar-refractivity contribution in [2.45, 2.75) is 38.5 Å². The molecule has 0 saturated heterocycles. The fourth-order valence-electron chi connectivity index (χ4n) is 14.1. The fourth-order valence-corrected chi connectivity index (χ4v) is 14.1. The number of benzene rings is 13. The molecule has 85 heavy (non-hydrogen) atoms. The van der Waals surface area contributed by atoms with Crippen LogP contribution in [0.1, 0.15) is 49.9 Å². The summed E-state index contributed by atoms with van der Waals surface area (Å²) in [5, 5.41) is 4.99. The van der Waals surface area contributed by atoms with Gasteiger partial charge in [-0.15, -0.1) is 0 Å². The zero-order chi connectivity index (χ0) is 57.0. The molecule has 0 unspecified atom stereocenters. The minimum Gasteiger partial charge on any atom is -0.311 e. The van der Waals surface area contributed by atoms with Crippen molar-refractivity contribution in [3.63, 3.8) is 0 Å². The van der Waals surface area contributed by atoms with E-state index in [1.54, 1.807) is 0 Å². The molecular formula is C82H61N3. The molecule has 0 atom stereocenters. The first-order chi connectivity index (χ1) is 41.6. The van der Waals surface area contributed by atoms with E-state index in [0.717, 1.165) is 34.1 Å². The smallest absolute Gasteiger partial charge is 0.0541 e. The van der Waals surface area contributed by atoms with Gasteiger partial charge in [0.2, 0.25) is 0 Å². The van der Waals surface area contributed by atoms with E-state index < -0.39 is 0 Å². The Bertz CT molecular complexity index is 4830. The monoisotopic (exact) mass is 1090 g/mol. The summed E-state index contributed by atoms with van der Waals surface area (Å²) >= 11 is 0. The molecule has 2 aliphatic carbocycles. The average Bonchev–Trinajstić information content (AvgIpc) is 1.90. The second-order valence-electron chi connectivity index (χ2n) is 24.1. The third-order valence-corrected chi connectivity index (χ3v) is 18.6. The van der Waals surface area contributed by atoms with Crippen molar-refractivity contribution in [3.8, 4) is 61.3 Å². The van der Waals surface area contributed by atoms with Crippen molar-refractivity contribution in [2.75, 3.05) is 9.80 Å². The van der Waals surface area contributed by atoms with E-state index in [0.29, 0.717) is 0 Å². The van der Waals surface area contributed by atoms with Crippen LogP contribution in [0.3, 0.4) is 0 Å². The maximum absolute atomic E-state index is 2.48. The predicted molar refractivity (Wildman–Crippen MR) is 359 cm³/mol. The summed E-state index contributed by atoms with van der Waals surface area (Å²) in [6.45, 7) is 9.57. The first kappa shape index (κ1) is 50.3. The molecule has 14 aromatic rings. The molecule has 0 amide bonds. The van der Waals surface area contributed by atoms with Gasteiger partial charge in [0.05, 0.1) is 11.0 Å². The van der Waals surface area contributed by atoms with E-state index >= 15 is 0 Å². The van der Waals surface area contributed by atoms with Crippen molar-refractivity contribution in [2.24, 2.45) is 0 Å². The standard InChI is InChI=1S/C82H61N3/c1-81(2)75-25-15-13-23-69(75)71-46-43-67(52-77(71)81)84(65-41-39-64(40-42-65)83(62-34-27-57(28-35-62)54-17-7-5-8-18-54)63-36-29-58(30-37-63)55-19-9-6-10-20-55)68-44-47-72-70-45-32-61(51-76(70)82(3,4)78(72)53-68)60-33-48-80-74(50-60)73-24-14-16-26-79(73)85(80)66-38-31-56-21-11-12-22-59(56)49-66/h5-53H,1-4H3. The van der Waals surface area contributed by atoms with Crippen molar-refractivity contribution in [1.29, 1.82) is 0 Å². The fraction of sp³-hybridized carbons (Fsp3) is 0.0732. The minimum atomic E-state index is -0.281. The van der Waals surface area contributed by atoms with E-state index in [1.807, 2.05) is 0 Å². The normalized spacial score (nSPS) is 13.4. The summed E-state index contributed by atoms with van der Waals surface area (Å²) in [6, 6.07) is 110. The van der Waals surface area contributed by atoms with Crippen LogP contribution < -0.4 is 9.80 Å². The molecule has 3 heteroatoms. The summed E-state index contributed by atoms with van der Waals surface area (Å²) in [5.74, 6) is 0. The highest BCUT2D eigenvalue weighted by Crippen LogP contribution is 2.54. The Morgan fingerprint density at radius 2 is 0.647 bits per heavy atom. The summed E-state index contributed by atoms with van der Waals surface area (Å²) in [6.07, 6.45) is 0. The number of anilines is 6. The molecule has 13 aromatic carbocycles. The van der Waals surface area contributed by atoms with Gasteiger partial charge >= 0.3 is 0 Å². The van der Waals surface area contributed by atoms with Crippen LogP contribution in [-0.4, -0.2) is 4.57 Å². The summed E-state index contributed by atoms with van der Waals surface area (Å²) in [4.78, 5) is 4.85. The van der Waals surface area contributed by atoms with E-state index in [4.69, 9.17) is 0 Å². The highest BCUT2D eigenvalue weighted by Gasteiger charge is 2.38. The van der Waals surface area contributed by atoms with Crippen LogP contribution in [0.5, 0.6) is 0 Å². The van der Waals surface area contributed by atoms with Crippen molar-refractivity contribution >= 4 is 66.7 Å². The van der Waals surface area contributed by atoms with E-state index in [2.05, 4.69) is 339 Å². The van der Waals surface area contributed by atoms with Gasteiger partial charge in [-0.05, 0) is 198 Å². The molecule has 1 heterocycles. The molecule has 404 valence electrons. The van der Waals surface area contributed by atoms with Gasteiger partial charge in [0.15, 0.2) is 0 Å². The first-order valence-corrected chi connectivity index (χ1v) is 29.7. The maximum atomic E-state index is 2.48. The highest BCUT2D eigenvalue weighted by molar-refractivity contribution is 6.11. The molecule has 0 N–H and O–H groups in total. The number of nitrogens with zero attached hydrogens (tertiary/aromatic N) is 3. The topological polar surface area (TPSA) is 11.4 Å². The molecular weight excluding hydrogens is 1030 g/mol. The first-order valence-electron chi connectivity index (χ1n) is 29.7. The van der Waals surface area contributed by atoms with Gasteiger partial charge < -0.3 is 14.4 Å². The van der Waals surface area contributed by atoms with Crippen LogP contribution in [0.4, 0.5) is 34.1 Å². The van der Waals surface area contributed by atoms with Crippen LogP contribution in [0.25, 0.3) is 93.9 Å². The van der Waals surface area contributed by atoms with Crippen LogP contribution in [-0.2, 0) is 10.8 Å². The van der Waals surface area contributed by atoms with Gasteiger partial charge in [0.25, 0.3) is 0 Å². The van der Waals surface area contributed by atoms with Crippen LogP contribution in [0, 0.1) is 0 Å². The van der Waals surface area contributed by atoms with Crippen LogP contribution in [0.2, 0.25) is 0 Å². The highest BCUT2D eigenvalue weighted by atomic mass is 15.2. The molecule has 0 spiro atoms. The third kappa shape index (κ3) is 8.25. The van der Waals surface area contributed by atoms with Gasteiger partial charge in [-0.3, -0.25) is 0 Å². The largest absolute Gasteiger partial charge is 0.311 e. The van der Waals surface area contributed by atoms with E-state index in [1.165, 1.54) is 116 Å². The summed E-state index contributed by atoms with van der Waals surface area (Å²) in [7, 11) is 0. The lowest BCUT2D eigenvalue weighted by Gasteiger charge is -2.31. The van der Waals surface area contributed by atoms with Crippen LogP contribution >= 0.6 is 0 Å². The number of fused-ring (bicyclic) bond motifs is 10. The lowest BCUT2D eigenvalue weighted by atomic mass is 9.81. The molecule has 0 fully saturated rings. The number of rotatable bonds is 10. The second-order valence-corrected chi connectivity index (χ2v) is 24.1. The van der Waals surface area contributed by atoms with Gasteiger partial charge in [-0.25, -0.2) is 0 Å². The summed E-state index contributed by atoms with van der Waals surface area (Å²) in [5.41, 5.74) is 27.5. The minimum absolute atomic E-state index is 0.164. The molecule has 0 aliphatic heterocycles. The molecule has 0 bridgehead atoms. The molecule has 3 nitrogen and oxygen atoms in total. The molecule has 0 saturated carbocycles. The van der Waals surface area contributed by atoms with Crippen molar-refractivity contribution in [1.82, 2.24) is 4.57 Å². The molecule has 1 aromatic heterocycles. The van der Waals surface area contributed by atoms with E-state index in [-0.39, 0.29) is 10.8 Å². The number of hydrogen-bond donors (Lipinski definition) is 0. The molecule has 2 aliphatic rings. The quantitative estimate of drug-likeness (QED) is 0.135. The zero-order valence-electron chi connectivity index (χ0n) is 48.1. The van der Waals surface area contributed by atoms with Gasteiger partial charge in [-0.1, -0.05) is 216 Å². The second kappa shape index (κ2) is 19.6. The lowest BCUT2D eigenvalue weighted by molar-refractivity contribution is 0.660. The molecule has 0 radical (unpaired) electrons. The lowest BCUT2D eigenvalue weighted by Crippen LogP contribution is -2.18. The Kier molecular flexibility index (Phi) is 11.6. The Morgan fingerprint density at radius 3 is 1.26 bits per heavy atom. The summed E-state index contributed by atoms with van der Waals surface area (Å²) < 4.78 is 2.42. The van der Waals surface area contributed by atoms with Gasteiger partial charge in [0, 0.05) is 61.4 Å². The van der Waals surface area contributed by atoms with E-state index in [9.17, 15) is 0 Å². The zero-order valence-corrected chi connectivity index (χ0v) is 48.1. The Hall–Kier alpha value is -10.5. The van der Waals surface area contributed by atoms with Crippen molar-refractivity contribution in [3.05, 3.63) is 320 Å². The number of aromatic nitrogens is 1. The SMILES string of the molecule is CC1(C)c2ccccc2-c2ccc(N(c3ccc(N(c4ccc(-c5ccccc5)cc4)c4ccc(-c5ccccc5)cc4)cc3)c3ccc4c(c3)C(C)(C)c3cc(-c5ccc6c(c5)c5ccccc5n6-c5ccc6ccccc6c5)ccc3-4)cc21.